The highest BCUT2D eigenvalue weighted by Crippen LogP contribution is 2.67. The van der Waals surface area contributed by atoms with Gasteiger partial charge in [-0.05, 0) is 52.9 Å². The van der Waals surface area contributed by atoms with Crippen LogP contribution >= 0.6 is 0 Å². The van der Waals surface area contributed by atoms with Crippen molar-refractivity contribution in [2.75, 3.05) is 6.54 Å². The summed E-state index contributed by atoms with van der Waals surface area (Å²) in [5.74, 6) is -1.90. The van der Waals surface area contributed by atoms with Crippen molar-refractivity contribution in [1.82, 2.24) is 5.32 Å². The van der Waals surface area contributed by atoms with E-state index in [1.807, 2.05) is 34.6 Å². The summed E-state index contributed by atoms with van der Waals surface area (Å²) in [7, 11) is 0. The van der Waals surface area contributed by atoms with E-state index in [1.54, 1.807) is 13.8 Å². The second kappa shape index (κ2) is 8.10. The van der Waals surface area contributed by atoms with Gasteiger partial charge in [0, 0.05) is 23.3 Å². The lowest BCUT2D eigenvalue weighted by molar-refractivity contribution is -0.370. The molecule has 0 amide bonds. The number of rotatable bonds is 4. The Bertz CT molecular complexity index is 866. The van der Waals surface area contributed by atoms with Crippen LogP contribution < -0.4 is 5.32 Å². The van der Waals surface area contributed by atoms with Gasteiger partial charge in [0.1, 0.15) is 5.60 Å². The van der Waals surface area contributed by atoms with Crippen LogP contribution in [0.2, 0.25) is 0 Å². The van der Waals surface area contributed by atoms with Gasteiger partial charge in [0.2, 0.25) is 0 Å². The molecule has 8 nitrogen and oxygen atoms in total. The highest BCUT2D eigenvalue weighted by Gasteiger charge is 2.81. The lowest BCUT2D eigenvalue weighted by Crippen LogP contribution is -2.86. The van der Waals surface area contributed by atoms with E-state index in [0.717, 1.165) is 0 Å². The van der Waals surface area contributed by atoms with Crippen molar-refractivity contribution in [2.45, 2.75) is 115 Å². The molecule has 0 aromatic carbocycles. The van der Waals surface area contributed by atoms with Gasteiger partial charge in [-0.3, -0.25) is 9.59 Å². The molecule has 2 saturated carbocycles. The molecule has 8 atom stereocenters. The van der Waals surface area contributed by atoms with Crippen LogP contribution in [0.15, 0.2) is 12.7 Å². The molecule has 34 heavy (non-hydrogen) atoms. The highest BCUT2D eigenvalue weighted by molar-refractivity contribution is 5.92. The van der Waals surface area contributed by atoms with Gasteiger partial charge in [0.25, 0.3) is 0 Å². The van der Waals surface area contributed by atoms with E-state index in [1.165, 1.54) is 13.0 Å². The van der Waals surface area contributed by atoms with Crippen molar-refractivity contribution < 1.29 is 34.4 Å². The van der Waals surface area contributed by atoms with Crippen molar-refractivity contribution in [1.29, 1.82) is 0 Å². The standard InChI is InChI=1S/C26H43NO7/c1-10-23(7)13-16(29)26(32)24(8)15(28)11-12-22(5,6)19(24)18(31)20(25(26,9)34-23)33-17(30)14-27-21(2,3)4/h10,15,18-20,27-28,31-32H,1,11-14H2,2-9H3/t15-,18?,19?,20?,23-,24?,25+,26-/m0/s1. The second-order valence-electron chi connectivity index (χ2n) is 12.8. The quantitative estimate of drug-likeness (QED) is 0.354. The molecule has 1 heterocycles. The van der Waals surface area contributed by atoms with Crippen molar-refractivity contribution in [2.24, 2.45) is 16.7 Å². The summed E-state index contributed by atoms with van der Waals surface area (Å²) in [6, 6.07) is 0. The number of fused-ring (bicyclic) bond motifs is 3. The minimum absolute atomic E-state index is 0.123. The molecule has 4 N–H and O–H groups in total. The average Bonchev–Trinajstić information content (AvgIpc) is 2.69. The highest BCUT2D eigenvalue weighted by atomic mass is 16.6. The van der Waals surface area contributed by atoms with Gasteiger partial charge in [-0.25, -0.2) is 0 Å². The van der Waals surface area contributed by atoms with Crippen LogP contribution in [0.25, 0.3) is 0 Å². The third-order valence-electron chi connectivity index (χ3n) is 8.75. The summed E-state index contributed by atoms with van der Waals surface area (Å²) in [5, 5.41) is 38.5. The maximum Gasteiger partial charge on any atom is 0.320 e. The largest absolute Gasteiger partial charge is 0.455 e. The normalized spacial score (nSPS) is 46.3. The van der Waals surface area contributed by atoms with Crippen LogP contribution in [0.4, 0.5) is 0 Å². The number of aliphatic hydroxyl groups excluding tert-OH is 2. The van der Waals surface area contributed by atoms with E-state index in [9.17, 15) is 24.9 Å². The minimum atomic E-state index is -2.22. The van der Waals surface area contributed by atoms with Gasteiger partial charge in [-0.1, -0.05) is 26.8 Å². The SMILES string of the molecule is C=C[C@@]1(C)CC(=O)[C@]2(O)C3(C)C(C(O)C(OC(=O)CNC(C)(C)C)[C@@]2(C)O1)C(C)(C)CC[C@@H]3O. The number of hydrogen-bond acceptors (Lipinski definition) is 8. The van der Waals surface area contributed by atoms with Gasteiger partial charge in [0.05, 0.1) is 24.4 Å². The van der Waals surface area contributed by atoms with E-state index in [4.69, 9.17) is 9.47 Å². The van der Waals surface area contributed by atoms with Crippen LogP contribution in [-0.4, -0.2) is 74.3 Å². The summed E-state index contributed by atoms with van der Waals surface area (Å²) in [6.45, 7) is 18.1. The van der Waals surface area contributed by atoms with Gasteiger partial charge in [-0.2, -0.15) is 0 Å². The lowest BCUT2D eigenvalue weighted by atomic mass is 9.40. The third-order valence-corrected chi connectivity index (χ3v) is 8.75. The summed E-state index contributed by atoms with van der Waals surface area (Å²) in [4.78, 5) is 26.7. The van der Waals surface area contributed by atoms with Crippen LogP contribution in [-0.2, 0) is 19.1 Å². The first-order valence-electron chi connectivity index (χ1n) is 12.2. The molecule has 3 rings (SSSR count). The number of carbonyl (C=O) groups excluding carboxylic acids is 2. The Hall–Kier alpha value is -1.32. The zero-order chi connectivity index (χ0) is 26.1. The number of esters is 1. The molecule has 1 saturated heterocycles. The Labute approximate surface area is 203 Å². The molecule has 0 aromatic rings. The van der Waals surface area contributed by atoms with Gasteiger partial charge in [0.15, 0.2) is 17.5 Å². The predicted molar refractivity (Wildman–Crippen MR) is 127 cm³/mol. The molecule has 0 aromatic heterocycles. The molecule has 0 bridgehead atoms. The Kier molecular flexibility index (Phi) is 6.50. The molecule has 2 aliphatic carbocycles. The van der Waals surface area contributed by atoms with Gasteiger partial charge in [-0.15, -0.1) is 6.58 Å². The molecule has 4 unspecified atom stereocenters. The molecular formula is C26H43NO7. The number of ketones is 1. The van der Waals surface area contributed by atoms with Crippen LogP contribution in [0.3, 0.4) is 0 Å². The van der Waals surface area contributed by atoms with E-state index in [-0.39, 0.29) is 18.5 Å². The zero-order valence-corrected chi connectivity index (χ0v) is 21.9. The smallest absolute Gasteiger partial charge is 0.320 e. The van der Waals surface area contributed by atoms with E-state index in [2.05, 4.69) is 11.9 Å². The van der Waals surface area contributed by atoms with Crippen molar-refractivity contribution in [3.8, 4) is 0 Å². The molecule has 0 spiro atoms. The monoisotopic (exact) mass is 481 g/mol. The number of aliphatic hydroxyl groups is 3. The fourth-order valence-corrected chi connectivity index (χ4v) is 7.00. The number of nitrogens with one attached hydrogen (secondary N) is 1. The molecular weight excluding hydrogens is 438 g/mol. The fourth-order valence-electron chi connectivity index (χ4n) is 7.00. The minimum Gasteiger partial charge on any atom is -0.455 e. The van der Waals surface area contributed by atoms with Crippen LogP contribution in [0, 0.1) is 16.7 Å². The van der Waals surface area contributed by atoms with E-state index < -0.39 is 63.6 Å². The molecule has 194 valence electrons. The van der Waals surface area contributed by atoms with Crippen LogP contribution in [0.5, 0.6) is 0 Å². The van der Waals surface area contributed by atoms with Crippen molar-refractivity contribution in [3.05, 3.63) is 12.7 Å². The number of Topliss-reactive ketones (excluding diaryl/α,β-unsaturated/α-hetero) is 1. The Morgan fingerprint density at radius 1 is 1.24 bits per heavy atom. The first kappa shape index (κ1) is 27.3. The molecule has 8 heteroatoms. The Morgan fingerprint density at radius 2 is 1.82 bits per heavy atom. The maximum absolute atomic E-state index is 13.8. The van der Waals surface area contributed by atoms with E-state index >= 15 is 0 Å². The lowest BCUT2D eigenvalue weighted by Gasteiger charge is -2.71. The topological polar surface area (TPSA) is 125 Å². The van der Waals surface area contributed by atoms with Crippen molar-refractivity contribution in [3.63, 3.8) is 0 Å². The van der Waals surface area contributed by atoms with Gasteiger partial charge >= 0.3 is 5.97 Å². The maximum atomic E-state index is 13.8. The number of hydrogen-bond donors (Lipinski definition) is 4. The van der Waals surface area contributed by atoms with Crippen molar-refractivity contribution >= 4 is 11.8 Å². The first-order chi connectivity index (χ1) is 15.3. The zero-order valence-electron chi connectivity index (χ0n) is 21.9. The van der Waals surface area contributed by atoms with E-state index in [0.29, 0.717) is 12.8 Å². The first-order valence-corrected chi connectivity index (χ1v) is 12.2. The molecule has 1 aliphatic heterocycles. The third kappa shape index (κ3) is 3.77. The average molecular weight is 482 g/mol. The number of ether oxygens (including phenoxy) is 2. The van der Waals surface area contributed by atoms with Crippen LogP contribution in [0.1, 0.15) is 74.7 Å². The summed E-state index contributed by atoms with van der Waals surface area (Å²) in [5.41, 5.74) is -7.53. The summed E-state index contributed by atoms with van der Waals surface area (Å²) < 4.78 is 12.2. The molecule has 3 fully saturated rings. The Balaban J connectivity index is 2.18. The fraction of sp³-hybridized carbons (Fsp3) is 0.846. The summed E-state index contributed by atoms with van der Waals surface area (Å²) in [6.07, 6.45) is -1.44. The summed E-state index contributed by atoms with van der Waals surface area (Å²) >= 11 is 0. The molecule has 0 radical (unpaired) electrons. The number of carbonyl (C=O) groups is 2. The second-order valence-corrected chi connectivity index (χ2v) is 12.8. The van der Waals surface area contributed by atoms with Gasteiger partial charge < -0.3 is 30.1 Å². The Morgan fingerprint density at radius 3 is 2.35 bits per heavy atom. The molecule has 3 aliphatic rings. The predicted octanol–water partition coefficient (Wildman–Crippen LogP) is 1.89.